The minimum Gasteiger partial charge on any atom is -0.457 e. The molecule has 1 aliphatic carbocycles. The van der Waals surface area contributed by atoms with Gasteiger partial charge in [-0.25, -0.2) is 0 Å². The Hall–Kier alpha value is -5.48. The van der Waals surface area contributed by atoms with E-state index in [2.05, 4.69) is 126 Å². The molecular weight excluding hydrogens is 649 g/mol. The summed E-state index contributed by atoms with van der Waals surface area (Å²) < 4.78 is 13.6. The summed E-state index contributed by atoms with van der Waals surface area (Å²) in [7, 11) is 0. The molecule has 0 aliphatic heterocycles. The van der Waals surface area contributed by atoms with E-state index >= 15 is 0 Å². The Morgan fingerprint density at radius 2 is 0.887 bits per heavy atom. The maximum absolute atomic E-state index is 6.78. The zero-order valence-electron chi connectivity index (χ0n) is 32.0. The summed E-state index contributed by atoms with van der Waals surface area (Å²) in [5.41, 5.74) is 25.4. The number of benzene rings is 6. The predicted molar refractivity (Wildman–Crippen MR) is 222 cm³/mol. The van der Waals surface area contributed by atoms with Gasteiger partial charge >= 0.3 is 0 Å². The second-order valence-electron chi connectivity index (χ2n) is 15.1. The van der Waals surface area contributed by atoms with Gasteiger partial charge in [-0.05, 0) is 129 Å². The van der Waals surface area contributed by atoms with Crippen molar-refractivity contribution in [2.24, 2.45) is 0 Å². The van der Waals surface area contributed by atoms with Crippen molar-refractivity contribution in [3.63, 3.8) is 0 Å². The van der Waals surface area contributed by atoms with Crippen LogP contribution in [0.1, 0.15) is 111 Å². The lowest BCUT2D eigenvalue weighted by molar-refractivity contribution is 0.465. The molecule has 6 aromatic rings. The summed E-state index contributed by atoms with van der Waals surface area (Å²) in [5, 5.41) is 0. The van der Waals surface area contributed by atoms with Crippen molar-refractivity contribution in [2.45, 2.75) is 84.5 Å². The van der Waals surface area contributed by atoms with Gasteiger partial charge in [0.25, 0.3) is 0 Å². The molecule has 6 aromatic carbocycles. The Morgan fingerprint density at radius 3 is 1.28 bits per heavy atom. The zero-order chi connectivity index (χ0) is 37.3. The summed E-state index contributed by atoms with van der Waals surface area (Å²) in [5.74, 6) is 3.91. The fourth-order valence-electron chi connectivity index (χ4n) is 8.24. The Kier molecular flexibility index (Phi) is 10.1. The maximum Gasteiger partial charge on any atom is 0.130 e. The lowest BCUT2D eigenvalue weighted by Gasteiger charge is -2.35. The van der Waals surface area contributed by atoms with Crippen molar-refractivity contribution < 1.29 is 9.47 Å². The van der Waals surface area contributed by atoms with Gasteiger partial charge in [-0.1, -0.05) is 127 Å². The lowest BCUT2D eigenvalue weighted by atomic mass is 9.66. The van der Waals surface area contributed by atoms with Crippen LogP contribution in [0.2, 0.25) is 0 Å². The normalized spacial score (nSPS) is 12.9. The van der Waals surface area contributed by atoms with E-state index in [0.717, 1.165) is 71.2 Å². The summed E-state index contributed by atoms with van der Waals surface area (Å²) in [6.45, 7) is 13.4. The first-order valence-electron chi connectivity index (χ1n) is 19.3. The molecule has 1 aliphatic rings. The topological polar surface area (TPSA) is 70.5 Å². The van der Waals surface area contributed by atoms with E-state index in [1.165, 1.54) is 44.5 Å². The number of fused-ring (bicyclic) bond motifs is 3. The van der Waals surface area contributed by atoms with Gasteiger partial charge in [0.15, 0.2) is 0 Å². The SMILES string of the molecule is CCCc1cc(N)ccc1Oc1ccc(C2(c3ccc(Oc4ccc(N)cc4CCC)c(C(C)C)c3)c3ccccc3-c3ccccc32)cc1C(C)C. The number of rotatable bonds is 12. The minimum atomic E-state index is -0.569. The van der Waals surface area contributed by atoms with E-state index < -0.39 is 5.41 Å². The van der Waals surface area contributed by atoms with E-state index in [9.17, 15) is 0 Å². The third kappa shape index (κ3) is 6.56. The first-order chi connectivity index (χ1) is 25.6. The summed E-state index contributed by atoms with van der Waals surface area (Å²) in [6.07, 6.45) is 3.84. The molecule has 0 heterocycles. The molecule has 7 rings (SSSR count). The van der Waals surface area contributed by atoms with Crippen LogP contribution >= 0.6 is 0 Å². The largest absolute Gasteiger partial charge is 0.457 e. The summed E-state index contributed by atoms with van der Waals surface area (Å²) in [6, 6.07) is 43.5. The van der Waals surface area contributed by atoms with E-state index in [1.807, 2.05) is 36.4 Å². The molecule has 0 bridgehead atoms. The van der Waals surface area contributed by atoms with Gasteiger partial charge in [-0.3, -0.25) is 0 Å². The molecule has 53 heavy (non-hydrogen) atoms. The van der Waals surface area contributed by atoms with Gasteiger partial charge in [-0.15, -0.1) is 0 Å². The third-order valence-electron chi connectivity index (χ3n) is 10.7. The molecule has 0 radical (unpaired) electrons. The Bertz CT molecular complexity index is 2110. The van der Waals surface area contributed by atoms with Crippen LogP contribution in [0.5, 0.6) is 23.0 Å². The number of aryl methyl sites for hydroxylation is 2. The molecule has 0 aromatic heterocycles. The number of nitrogen functional groups attached to an aromatic ring is 2. The zero-order valence-corrected chi connectivity index (χ0v) is 32.0. The Balaban J connectivity index is 1.43. The highest BCUT2D eigenvalue weighted by Gasteiger charge is 2.46. The molecule has 0 amide bonds. The number of hydrogen-bond donors (Lipinski definition) is 2. The van der Waals surface area contributed by atoms with Crippen LogP contribution in [-0.4, -0.2) is 0 Å². The predicted octanol–water partition coefficient (Wildman–Crippen LogP) is 13.0. The highest BCUT2D eigenvalue weighted by atomic mass is 16.5. The standard InChI is InChI=1S/C49H52N2O2/c1-7-13-33-27-37(50)21-25-45(33)52-47-23-19-35(29-41(47)31(3)4)49(43-17-11-9-15-39(43)40-16-10-12-18-44(40)49)36-20-24-48(42(30-36)32(5)6)53-46-26-22-38(51)28-34(46)14-8-2/h9-12,15-32H,7-8,13-14,50-51H2,1-6H3. The molecule has 270 valence electrons. The van der Waals surface area contributed by atoms with Gasteiger partial charge in [0.2, 0.25) is 0 Å². The van der Waals surface area contributed by atoms with Gasteiger partial charge in [0.05, 0.1) is 5.41 Å². The summed E-state index contributed by atoms with van der Waals surface area (Å²) in [4.78, 5) is 0. The summed E-state index contributed by atoms with van der Waals surface area (Å²) >= 11 is 0. The monoisotopic (exact) mass is 700 g/mol. The molecule has 0 atom stereocenters. The van der Waals surface area contributed by atoms with Crippen LogP contribution in [0.3, 0.4) is 0 Å². The van der Waals surface area contributed by atoms with E-state index in [-0.39, 0.29) is 11.8 Å². The highest BCUT2D eigenvalue weighted by molar-refractivity contribution is 5.86. The lowest BCUT2D eigenvalue weighted by Crippen LogP contribution is -2.29. The first kappa shape index (κ1) is 35.9. The van der Waals surface area contributed by atoms with Gasteiger partial charge in [-0.2, -0.15) is 0 Å². The van der Waals surface area contributed by atoms with Crippen LogP contribution in [0, 0.1) is 0 Å². The van der Waals surface area contributed by atoms with Crippen LogP contribution in [0.25, 0.3) is 11.1 Å². The van der Waals surface area contributed by atoms with Gasteiger partial charge in [0.1, 0.15) is 23.0 Å². The van der Waals surface area contributed by atoms with Crippen molar-refractivity contribution in [2.75, 3.05) is 11.5 Å². The Morgan fingerprint density at radius 1 is 0.491 bits per heavy atom. The van der Waals surface area contributed by atoms with Crippen molar-refractivity contribution in [3.05, 3.63) is 166 Å². The molecule has 0 saturated heterocycles. The van der Waals surface area contributed by atoms with E-state index in [1.54, 1.807) is 0 Å². The smallest absolute Gasteiger partial charge is 0.130 e. The highest BCUT2D eigenvalue weighted by Crippen LogP contribution is 2.57. The number of nitrogens with two attached hydrogens (primary N) is 2. The van der Waals surface area contributed by atoms with Crippen molar-refractivity contribution in [1.82, 2.24) is 0 Å². The molecule has 0 unspecified atom stereocenters. The molecule has 4 nitrogen and oxygen atoms in total. The average Bonchev–Trinajstić information content (AvgIpc) is 3.45. The van der Waals surface area contributed by atoms with Crippen LogP contribution in [0.4, 0.5) is 11.4 Å². The molecule has 0 saturated carbocycles. The third-order valence-corrected chi connectivity index (χ3v) is 10.7. The fourth-order valence-corrected chi connectivity index (χ4v) is 8.24. The van der Waals surface area contributed by atoms with Crippen molar-refractivity contribution in [3.8, 4) is 34.1 Å². The van der Waals surface area contributed by atoms with Gasteiger partial charge < -0.3 is 20.9 Å². The van der Waals surface area contributed by atoms with Crippen molar-refractivity contribution >= 4 is 11.4 Å². The quantitative estimate of drug-likeness (QED) is 0.124. The minimum absolute atomic E-state index is 0.219. The molecular formula is C49H52N2O2. The number of ether oxygens (including phenoxy) is 2. The molecule has 0 fully saturated rings. The van der Waals surface area contributed by atoms with Crippen LogP contribution < -0.4 is 20.9 Å². The van der Waals surface area contributed by atoms with E-state index in [0.29, 0.717) is 0 Å². The first-order valence-corrected chi connectivity index (χ1v) is 19.3. The van der Waals surface area contributed by atoms with Crippen molar-refractivity contribution in [1.29, 1.82) is 0 Å². The van der Waals surface area contributed by atoms with Crippen LogP contribution in [0.15, 0.2) is 121 Å². The molecule has 4 N–H and O–H groups in total. The average molecular weight is 701 g/mol. The maximum atomic E-state index is 6.78. The Labute approximate surface area is 315 Å². The molecule has 0 spiro atoms. The second kappa shape index (κ2) is 14.9. The number of anilines is 2. The van der Waals surface area contributed by atoms with Crippen LogP contribution in [-0.2, 0) is 18.3 Å². The fraction of sp³-hybridized carbons (Fsp3) is 0.265. The molecule has 4 heteroatoms. The van der Waals surface area contributed by atoms with Gasteiger partial charge in [0, 0.05) is 11.4 Å². The second-order valence-corrected chi connectivity index (χ2v) is 15.1. The van der Waals surface area contributed by atoms with E-state index in [4.69, 9.17) is 20.9 Å². The number of hydrogen-bond acceptors (Lipinski definition) is 4.